The Morgan fingerprint density at radius 3 is 2.06 bits per heavy atom. The van der Waals surface area contributed by atoms with Crippen LogP contribution in [0.5, 0.6) is 0 Å². The molecular weight excluding hydrogens is 514 g/mol. The van der Waals surface area contributed by atoms with Gasteiger partial charge in [-0.15, -0.1) is 0 Å². The van der Waals surface area contributed by atoms with Gasteiger partial charge in [-0.25, -0.2) is 14.5 Å². The normalized spacial score (nSPS) is 21.2. The minimum atomic E-state index is -1.50. The van der Waals surface area contributed by atoms with E-state index in [0.29, 0.717) is 18.5 Å². The monoisotopic (exact) mass is 530 g/mol. The SMILES string of the molecule is O=C1N(c2ccc(Cl)c(Cl)c2)C(=O)N(c2ccc(Cl)c(Cl)c2)[C@]2(C[N+](=O)[O-])CCCCCN12. The van der Waals surface area contributed by atoms with E-state index < -0.39 is 29.2 Å². The van der Waals surface area contributed by atoms with Gasteiger partial charge in [0.05, 0.1) is 25.8 Å². The maximum absolute atomic E-state index is 13.9. The van der Waals surface area contributed by atoms with Gasteiger partial charge in [-0.2, -0.15) is 0 Å². The first kappa shape index (κ1) is 23.9. The molecule has 2 aromatic carbocycles. The molecule has 0 unspecified atom stereocenters. The van der Waals surface area contributed by atoms with E-state index in [9.17, 15) is 19.7 Å². The molecule has 12 heteroatoms. The maximum atomic E-state index is 13.9. The molecule has 33 heavy (non-hydrogen) atoms. The van der Waals surface area contributed by atoms with Crippen molar-refractivity contribution in [3.8, 4) is 0 Å². The van der Waals surface area contributed by atoms with Crippen molar-refractivity contribution >= 4 is 69.8 Å². The number of hydrogen-bond donors (Lipinski definition) is 0. The molecule has 4 amide bonds. The van der Waals surface area contributed by atoms with E-state index in [-0.39, 0.29) is 38.7 Å². The van der Waals surface area contributed by atoms with Crippen molar-refractivity contribution in [2.45, 2.75) is 31.3 Å². The van der Waals surface area contributed by atoms with Crippen LogP contribution < -0.4 is 9.80 Å². The number of nitro groups is 1. The Morgan fingerprint density at radius 2 is 1.45 bits per heavy atom. The topological polar surface area (TPSA) is 87.0 Å². The molecule has 0 radical (unpaired) electrons. The second-order valence-corrected chi connectivity index (χ2v) is 9.50. The van der Waals surface area contributed by atoms with Gasteiger partial charge in [-0.3, -0.25) is 19.9 Å². The minimum absolute atomic E-state index is 0.161. The predicted molar refractivity (Wildman–Crippen MR) is 128 cm³/mol. The Labute approximate surface area is 209 Å². The third kappa shape index (κ3) is 4.21. The summed E-state index contributed by atoms with van der Waals surface area (Å²) in [5, 5.41) is 12.7. The van der Waals surface area contributed by atoms with Gasteiger partial charge in [-0.05, 0) is 55.7 Å². The standard InChI is InChI=1S/C21H18Cl4N4O4/c22-15-6-4-13(10-17(15)24)28-19(30)26-9-3-1-2-8-21(26,12-27(32)33)29(20(28)31)14-5-7-16(23)18(25)11-14/h4-7,10-11H,1-3,8-9,12H2/t21-/m0/s1. The molecule has 2 aliphatic rings. The smallest absolute Gasteiger partial charge is 0.294 e. The molecule has 0 N–H and O–H groups in total. The molecule has 2 fully saturated rings. The zero-order chi connectivity index (χ0) is 23.9. The number of imide groups is 1. The number of carbonyl (C=O) groups is 2. The van der Waals surface area contributed by atoms with Crippen LogP contribution in [-0.2, 0) is 0 Å². The lowest BCUT2D eigenvalue weighted by molar-refractivity contribution is -0.494. The van der Waals surface area contributed by atoms with Crippen LogP contribution in [0.15, 0.2) is 36.4 Å². The zero-order valence-electron chi connectivity index (χ0n) is 17.1. The molecule has 2 heterocycles. The molecule has 174 valence electrons. The highest BCUT2D eigenvalue weighted by molar-refractivity contribution is 6.43. The van der Waals surface area contributed by atoms with Crippen LogP contribution >= 0.6 is 46.4 Å². The van der Waals surface area contributed by atoms with E-state index in [2.05, 4.69) is 0 Å². The summed E-state index contributed by atoms with van der Waals surface area (Å²) in [5.41, 5.74) is -1.01. The van der Waals surface area contributed by atoms with Crippen molar-refractivity contribution in [3.63, 3.8) is 0 Å². The number of nitrogens with zero attached hydrogens (tertiary/aromatic N) is 4. The van der Waals surface area contributed by atoms with E-state index in [1.54, 1.807) is 6.07 Å². The highest BCUT2D eigenvalue weighted by atomic mass is 35.5. The number of amides is 4. The van der Waals surface area contributed by atoms with E-state index in [1.807, 2.05) is 0 Å². The van der Waals surface area contributed by atoms with Crippen LogP contribution in [0.2, 0.25) is 20.1 Å². The quantitative estimate of drug-likeness (QED) is 0.323. The van der Waals surface area contributed by atoms with E-state index >= 15 is 0 Å². The molecule has 0 bridgehead atoms. The molecule has 4 rings (SSSR count). The average Bonchev–Trinajstić information content (AvgIpc) is 2.95. The average molecular weight is 532 g/mol. The van der Waals surface area contributed by atoms with E-state index in [0.717, 1.165) is 11.3 Å². The number of fused-ring (bicyclic) bond motifs is 1. The number of anilines is 2. The van der Waals surface area contributed by atoms with Crippen LogP contribution in [0, 0.1) is 10.1 Å². The summed E-state index contributed by atoms with van der Waals surface area (Å²) in [5.74, 6) is 0. The molecule has 0 aromatic heterocycles. The van der Waals surface area contributed by atoms with Crippen molar-refractivity contribution in [1.29, 1.82) is 0 Å². The highest BCUT2D eigenvalue weighted by Crippen LogP contribution is 2.43. The summed E-state index contributed by atoms with van der Waals surface area (Å²) in [6.45, 7) is -0.393. The predicted octanol–water partition coefficient (Wildman–Crippen LogP) is 6.72. The first-order valence-corrected chi connectivity index (χ1v) is 11.6. The lowest BCUT2D eigenvalue weighted by Crippen LogP contribution is -2.76. The third-order valence-corrected chi connectivity index (χ3v) is 7.37. The Morgan fingerprint density at radius 1 is 0.848 bits per heavy atom. The summed E-state index contributed by atoms with van der Waals surface area (Å²) in [4.78, 5) is 42.5. The van der Waals surface area contributed by atoms with Crippen molar-refractivity contribution in [3.05, 3.63) is 66.6 Å². The first-order valence-electron chi connectivity index (χ1n) is 10.1. The lowest BCUT2D eigenvalue weighted by Gasteiger charge is -2.53. The van der Waals surface area contributed by atoms with Crippen LogP contribution in [0.25, 0.3) is 0 Å². The van der Waals surface area contributed by atoms with Gasteiger partial charge >= 0.3 is 12.1 Å². The Balaban J connectivity index is 1.94. The lowest BCUT2D eigenvalue weighted by atomic mass is 9.97. The highest BCUT2D eigenvalue weighted by Gasteiger charge is 2.58. The third-order valence-electron chi connectivity index (χ3n) is 5.89. The van der Waals surface area contributed by atoms with Crippen molar-refractivity contribution in [1.82, 2.24) is 4.90 Å². The minimum Gasteiger partial charge on any atom is -0.294 e. The summed E-state index contributed by atoms with van der Waals surface area (Å²) >= 11 is 24.5. The summed E-state index contributed by atoms with van der Waals surface area (Å²) in [6.07, 6.45) is 2.25. The summed E-state index contributed by atoms with van der Waals surface area (Å²) in [6, 6.07) is 7.50. The van der Waals surface area contributed by atoms with Crippen molar-refractivity contribution in [2.24, 2.45) is 0 Å². The Kier molecular flexibility index (Phi) is 6.64. The van der Waals surface area contributed by atoms with Crippen LogP contribution in [-0.4, -0.2) is 40.6 Å². The number of benzene rings is 2. The molecule has 0 saturated carbocycles. The molecule has 1 atom stereocenters. The van der Waals surface area contributed by atoms with Crippen LogP contribution in [0.3, 0.4) is 0 Å². The first-order chi connectivity index (χ1) is 15.7. The Hall–Kier alpha value is -2.26. The van der Waals surface area contributed by atoms with Gasteiger partial charge in [0.2, 0.25) is 6.54 Å². The molecule has 2 aromatic rings. The molecule has 8 nitrogen and oxygen atoms in total. The van der Waals surface area contributed by atoms with Gasteiger partial charge in [0.1, 0.15) is 0 Å². The fraction of sp³-hybridized carbons (Fsp3) is 0.333. The number of urea groups is 2. The van der Waals surface area contributed by atoms with Gasteiger partial charge in [0, 0.05) is 17.2 Å². The van der Waals surface area contributed by atoms with Crippen molar-refractivity contribution < 1.29 is 14.5 Å². The fourth-order valence-corrected chi connectivity index (χ4v) is 5.03. The second kappa shape index (κ2) is 9.18. The van der Waals surface area contributed by atoms with E-state index in [4.69, 9.17) is 46.4 Å². The maximum Gasteiger partial charge on any atom is 0.339 e. The summed E-state index contributed by atoms with van der Waals surface area (Å²) < 4.78 is 0. The second-order valence-electron chi connectivity index (χ2n) is 7.87. The van der Waals surface area contributed by atoms with Crippen LogP contribution in [0.4, 0.5) is 21.0 Å². The number of carbonyl (C=O) groups excluding carboxylic acids is 2. The van der Waals surface area contributed by atoms with E-state index in [1.165, 1.54) is 40.1 Å². The fourth-order valence-electron chi connectivity index (χ4n) is 4.45. The molecule has 0 aliphatic carbocycles. The molecule has 0 spiro atoms. The largest absolute Gasteiger partial charge is 0.339 e. The summed E-state index contributed by atoms with van der Waals surface area (Å²) in [7, 11) is 0. The number of rotatable bonds is 4. The Bertz CT molecular complexity index is 1150. The van der Waals surface area contributed by atoms with Gasteiger partial charge < -0.3 is 0 Å². The zero-order valence-corrected chi connectivity index (χ0v) is 20.2. The van der Waals surface area contributed by atoms with Gasteiger partial charge in [0.15, 0.2) is 5.66 Å². The van der Waals surface area contributed by atoms with Gasteiger partial charge in [0.25, 0.3) is 0 Å². The molecule has 2 aliphatic heterocycles. The molecular formula is C21H18Cl4N4O4. The molecule has 2 saturated heterocycles. The number of halogens is 4. The number of hydrogen-bond acceptors (Lipinski definition) is 4. The van der Waals surface area contributed by atoms with Gasteiger partial charge in [-0.1, -0.05) is 52.8 Å². The van der Waals surface area contributed by atoms with Crippen molar-refractivity contribution in [2.75, 3.05) is 22.9 Å². The van der Waals surface area contributed by atoms with Crippen LogP contribution in [0.1, 0.15) is 25.7 Å².